The van der Waals surface area contributed by atoms with Crippen LogP contribution in [0.3, 0.4) is 0 Å². The third-order valence-electron chi connectivity index (χ3n) is 4.70. The molecule has 1 aromatic carbocycles. The SMILES string of the molecule is O=c1c2cnc3ccc(N4CCOCC4)nc3c2[nH]n1-c1ccccc1. The molecular formula is C19H17N5O2. The number of fused-ring (bicyclic) bond motifs is 3. The summed E-state index contributed by atoms with van der Waals surface area (Å²) in [7, 11) is 0. The highest BCUT2D eigenvalue weighted by molar-refractivity contribution is 6.00. The molecular weight excluding hydrogens is 330 g/mol. The Morgan fingerprint density at radius 3 is 2.65 bits per heavy atom. The molecule has 0 atom stereocenters. The second-order valence-electron chi connectivity index (χ2n) is 6.27. The van der Waals surface area contributed by atoms with Crippen molar-refractivity contribution in [1.29, 1.82) is 0 Å². The Hall–Kier alpha value is -3.19. The number of pyridine rings is 2. The first-order valence-electron chi connectivity index (χ1n) is 8.60. The molecule has 1 N–H and O–H groups in total. The summed E-state index contributed by atoms with van der Waals surface area (Å²) in [5, 5.41) is 3.75. The van der Waals surface area contributed by atoms with Crippen molar-refractivity contribution in [3.8, 4) is 5.69 Å². The van der Waals surface area contributed by atoms with Crippen LogP contribution in [0.15, 0.2) is 53.5 Å². The molecule has 4 aromatic rings. The molecule has 0 bridgehead atoms. The molecule has 0 saturated carbocycles. The Kier molecular flexibility index (Phi) is 3.46. The molecule has 0 spiro atoms. The fraction of sp³-hybridized carbons (Fsp3) is 0.211. The number of rotatable bonds is 2. The molecule has 5 rings (SSSR count). The molecule has 1 fully saturated rings. The average Bonchev–Trinajstić information content (AvgIpc) is 3.06. The molecule has 4 heterocycles. The Morgan fingerprint density at radius 2 is 1.85 bits per heavy atom. The summed E-state index contributed by atoms with van der Waals surface area (Å²) in [5.74, 6) is 0.878. The molecule has 1 aliphatic rings. The number of para-hydroxylation sites is 1. The van der Waals surface area contributed by atoms with Crippen molar-refractivity contribution >= 4 is 27.8 Å². The van der Waals surface area contributed by atoms with Crippen LogP contribution in [0.4, 0.5) is 5.82 Å². The summed E-state index contributed by atoms with van der Waals surface area (Å²) in [4.78, 5) is 24.2. The Balaban J connectivity index is 1.72. The van der Waals surface area contributed by atoms with Gasteiger partial charge in [-0.1, -0.05) is 18.2 Å². The van der Waals surface area contributed by atoms with Crippen molar-refractivity contribution in [2.75, 3.05) is 31.2 Å². The van der Waals surface area contributed by atoms with Crippen LogP contribution in [0.25, 0.3) is 27.6 Å². The number of benzene rings is 1. The van der Waals surface area contributed by atoms with E-state index in [1.54, 1.807) is 6.20 Å². The summed E-state index contributed by atoms with van der Waals surface area (Å²) >= 11 is 0. The highest BCUT2D eigenvalue weighted by Gasteiger charge is 2.16. The van der Waals surface area contributed by atoms with Gasteiger partial charge in [-0.3, -0.25) is 14.9 Å². The second-order valence-corrected chi connectivity index (χ2v) is 6.27. The van der Waals surface area contributed by atoms with E-state index in [4.69, 9.17) is 9.72 Å². The van der Waals surface area contributed by atoms with Crippen LogP contribution in [0, 0.1) is 0 Å². The van der Waals surface area contributed by atoms with Gasteiger partial charge in [0.25, 0.3) is 5.56 Å². The van der Waals surface area contributed by atoms with Gasteiger partial charge in [-0.25, -0.2) is 9.67 Å². The topological polar surface area (TPSA) is 76.0 Å². The lowest BCUT2D eigenvalue weighted by Crippen LogP contribution is -2.36. The van der Waals surface area contributed by atoms with Crippen LogP contribution in [0.2, 0.25) is 0 Å². The quantitative estimate of drug-likeness (QED) is 0.601. The molecule has 1 saturated heterocycles. The van der Waals surface area contributed by atoms with Gasteiger partial charge in [0.1, 0.15) is 11.3 Å². The number of morpholine rings is 1. The highest BCUT2D eigenvalue weighted by atomic mass is 16.5. The number of hydrogen-bond donors (Lipinski definition) is 1. The predicted octanol–water partition coefficient (Wildman–Crippen LogP) is 2.10. The molecule has 0 unspecified atom stereocenters. The van der Waals surface area contributed by atoms with E-state index in [9.17, 15) is 4.79 Å². The smallest absolute Gasteiger partial charge is 0.280 e. The lowest BCUT2D eigenvalue weighted by Gasteiger charge is -2.27. The molecule has 0 amide bonds. The lowest BCUT2D eigenvalue weighted by molar-refractivity contribution is 0.122. The molecule has 0 radical (unpaired) electrons. The van der Waals surface area contributed by atoms with Gasteiger partial charge in [0.2, 0.25) is 0 Å². The summed E-state index contributed by atoms with van der Waals surface area (Å²) in [6.45, 7) is 3.01. The zero-order chi connectivity index (χ0) is 17.5. The summed E-state index contributed by atoms with van der Waals surface area (Å²) in [5.41, 5.74) is 2.83. The van der Waals surface area contributed by atoms with Gasteiger partial charge >= 0.3 is 0 Å². The van der Waals surface area contributed by atoms with Gasteiger partial charge in [0.05, 0.1) is 35.3 Å². The van der Waals surface area contributed by atoms with Crippen LogP contribution >= 0.6 is 0 Å². The van der Waals surface area contributed by atoms with E-state index in [1.165, 1.54) is 4.68 Å². The number of aromatic amines is 1. The minimum Gasteiger partial charge on any atom is -0.378 e. The van der Waals surface area contributed by atoms with Crippen molar-refractivity contribution in [3.05, 3.63) is 59.0 Å². The Morgan fingerprint density at radius 1 is 1.04 bits per heavy atom. The van der Waals surface area contributed by atoms with Gasteiger partial charge in [-0.05, 0) is 24.3 Å². The van der Waals surface area contributed by atoms with Gasteiger partial charge in [-0.15, -0.1) is 0 Å². The van der Waals surface area contributed by atoms with Crippen LogP contribution in [0.1, 0.15) is 0 Å². The monoisotopic (exact) mass is 347 g/mol. The minimum absolute atomic E-state index is 0.126. The number of anilines is 1. The first-order valence-corrected chi connectivity index (χ1v) is 8.60. The summed E-state index contributed by atoms with van der Waals surface area (Å²) in [6, 6.07) is 13.4. The van der Waals surface area contributed by atoms with Gasteiger partial charge < -0.3 is 9.64 Å². The Bertz CT molecular complexity index is 1140. The third-order valence-corrected chi connectivity index (χ3v) is 4.70. The minimum atomic E-state index is -0.126. The number of H-pyrrole nitrogens is 1. The zero-order valence-electron chi connectivity index (χ0n) is 14.1. The summed E-state index contributed by atoms with van der Waals surface area (Å²) < 4.78 is 6.95. The maximum atomic E-state index is 12.8. The molecule has 7 nitrogen and oxygen atoms in total. The van der Waals surface area contributed by atoms with E-state index in [-0.39, 0.29) is 5.56 Å². The molecule has 1 aliphatic heterocycles. The standard InChI is InChI=1S/C19H17N5O2/c25-19-14-12-20-15-6-7-16(23-8-10-26-11-9-23)21-18(15)17(14)22-24(19)13-4-2-1-3-5-13/h1-7,12,22H,8-11H2. The predicted molar refractivity (Wildman–Crippen MR) is 100 cm³/mol. The number of nitrogens with one attached hydrogen (secondary N) is 1. The van der Waals surface area contributed by atoms with Crippen LogP contribution in [0.5, 0.6) is 0 Å². The van der Waals surface area contributed by atoms with Crippen molar-refractivity contribution in [3.63, 3.8) is 0 Å². The average molecular weight is 347 g/mol. The third kappa shape index (κ3) is 2.36. The maximum Gasteiger partial charge on any atom is 0.280 e. The van der Waals surface area contributed by atoms with E-state index in [1.807, 2.05) is 42.5 Å². The number of hydrogen-bond acceptors (Lipinski definition) is 5. The van der Waals surface area contributed by atoms with Crippen molar-refractivity contribution < 1.29 is 4.74 Å². The van der Waals surface area contributed by atoms with Gasteiger partial charge in [0.15, 0.2) is 0 Å². The van der Waals surface area contributed by atoms with Crippen molar-refractivity contribution in [2.45, 2.75) is 0 Å². The number of ether oxygens (including phenoxy) is 1. The zero-order valence-corrected chi connectivity index (χ0v) is 14.1. The molecule has 130 valence electrons. The van der Waals surface area contributed by atoms with E-state index in [0.29, 0.717) is 29.6 Å². The normalized spacial score (nSPS) is 15.0. The van der Waals surface area contributed by atoms with E-state index >= 15 is 0 Å². The van der Waals surface area contributed by atoms with Crippen LogP contribution in [-0.4, -0.2) is 46.1 Å². The lowest BCUT2D eigenvalue weighted by atomic mass is 10.2. The molecule has 0 aliphatic carbocycles. The second kappa shape index (κ2) is 5.96. The van der Waals surface area contributed by atoms with Gasteiger partial charge in [-0.2, -0.15) is 0 Å². The van der Waals surface area contributed by atoms with Crippen LogP contribution in [-0.2, 0) is 4.74 Å². The largest absolute Gasteiger partial charge is 0.378 e. The molecule has 3 aromatic heterocycles. The van der Waals surface area contributed by atoms with Crippen LogP contribution < -0.4 is 10.5 Å². The first kappa shape index (κ1) is 15.1. The number of aromatic nitrogens is 4. The number of nitrogens with zero attached hydrogens (tertiary/aromatic N) is 4. The first-order chi connectivity index (χ1) is 12.8. The maximum absolute atomic E-state index is 12.8. The Labute approximate surface area is 148 Å². The van der Waals surface area contributed by atoms with Gasteiger partial charge in [0, 0.05) is 19.3 Å². The fourth-order valence-corrected chi connectivity index (χ4v) is 3.34. The summed E-state index contributed by atoms with van der Waals surface area (Å²) in [6.07, 6.45) is 1.62. The van der Waals surface area contributed by atoms with E-state index in [2.05, 4.69) is 15.0 Å². The van der Waals surface area contributed by atoms with E-state index < -0.39 is 0 Å². The van der Waals surface area contributed by atoms with Crippen molar-refractivity contribution in [1.82, 2.24) is 19.7 Å². The van der Waals surface area contributed by atoms with E-state index in [0.717, 1.165) is 30.1 Å². The molecule has 7 heteroatoms. The fourth-order valence-electron chi connectivity index (χ4n) is 3.34. The highest BCUT2D eigenvalue weighted by Crippen LogP contribution is 2.23. The van der Waals surface area contributed by atoms with Crippen molar-refractivity contribution in [2.24, 2.45) is 0 Å². The molecule has 26 heavy (non-hydrogen) atoms.